The van der Waals surface area contributed by atoms with Crippen LogP contribution < -0.4 is 10.6 Å². The molecule has 1 unspecified atom stereocenters. The first kappa shape index (κ1) is 13.9. The Balaban J connectivity index is 2.41. The summed E-state index contributed by atoms with van der Waals surface area (Å²) < 4.78 is 0. The highest BCUT2D eigenvalue weighted by Crippen LogP contribution is 1.99. The molecule has 0 saturated heterocycles. The number of carbonyl (C=O) groups excluding carboxylic acids is 1. The van der Waals surface area contributed by atoms with E-state index in [1.54, 1.807) is 10.9 Å². The molecule has 0 aliphatic heterocycles. The quantitative estimate of drug-likeness (QED) is 0.571. The molecule has 0 spiro atoms. The Morgan fingerprint density at radius 3 is 2.61 bits per heavy atom. The maximum Gasteiger partial charge on any atom is 0.326 e. The fourth-order valence-electron chi connectivity index (χ4n) is 1.08. The normalized spacial score (nSPS) is 11.6. The van der Waals surface area contributed by atoms with Gasteiger partial charge in [0.1, 0.15) is 6.04 Å². The predicted octanol–water partition coefficient (Wildman–Crippen LogP) is -0.130. The van der Waals surface area contributed by atoms with E-state index in [1.165, 1.54) is 11.3 Å². The molecule has 0 radical (unpaired) electrons. The summed E-state index contributed by atoms with van der Waals surface area (Å²) in [4.78, 5) is 36.3. The SMILES string of the molecule is O=C(O)CC(NC(=O)NCc1cscn1)C(=O)O. The largest absolute Gasteiger partial charge is 0.481 e. The molecule has 1 aromatic heterocycles. The zero-order valence-corrected chi connectivity index (χ0v) is 9.94. The molecule has 0 saturated carbocycles. The molecule has 2 amide bonds. The highest BCUT2D eigenvalue weighted by molar-refractivity contribution is 7.07. The first-order valence-electron chi connectivity index (χ1n) is 4.85. The molecule has 0 aliphatic carbocycles. The number of carbonyl (C=O) groups is 3. The van der Waals surface area contributed by atoms with E-state index in [0.29, 0.717) is 5.69 Å². The van der Waals surface area contributed by atoms with E-state index in [9.17, 15) is 14.4 Å². The van der Waals surface area contributed by atoms with Gasteiger partial charge in [-0.25, -0.2) is 14.6 Å². The Morgan fingerprint density at radius 1 is 1.39 bits per heavy atom. The van der Waals surface area contributed by atoms with Crippen molar-refractivity contribution in [2.45, 2.75) is 19.0 Å². The molecule has 18 heavy (non-hydrogen) atoms. The van der Waals surface area contributed by atoms with Crippen LogP contribution in [0.4, 0.5) is 4.79 Å². The lowest BCUT2D eigenvalue weighted by Crippen LogP contribution is -2.46. The van der Waals surface area contributed by atoms with Crippen LogP contribution in [0.1, 0.15) is 12.1 Å². The number of carboxylic acids is 2. The third-order valence-electron chi connectivity index (χ3n) is 1.90. The van der Waals surface area contributed by atoms with Crippen molar-refractivity contribution in [3.8, 4) is 0 Å². The summed E-state index contributed by atoms with van der Waals surface area (Å²) in [6.45, 7) is 0.148. The average molecular weight is 273 g/mol. The number of urea groups is 1. The van der Waals surface area contributed by atoms with Crippen molar-refractivity contribution in [2.24, 2.45) is 0 Å². The Labute approximate surface area is 106 Å². The van der Waals surface area contributed by atoms with E-state index in [1.807, 2.05) is 0 Å². The van der Waals surface area contributed by atoms with Gasteiger partial charge in [0.25, 0.3) is 0 Å². The van der Waals surface area contributed by atoms with Crippen LogP contribution in [0.3, 0.4) is 0 Å². The van der Waals surface area contributed by atoms with Gasteiger partial charge >= 0.3 is 18.0 Å². The molecule has 0 aromatic carbocycles. The van der Waals surface area contributed by atoms with Crippen LogP contribution in [-0.2, 0) is 16.1 Å². The van der Waals surface area contributed by atoms with Crippen molar-refractivity contribution in [1.29, 1.82) is 0 Å². The van der Waals surface area contributed by atoms with Gasteiger partial charge in [-0.15, -0.1) is 11.3 Å². The van der Waals surface area contributed by atoms with Crippen molar-refractivity contribution in [1.82, 2.24) is 15.6 Å². The summed E-state index contributed by atoms with van der Waals surface area (Å²) in [5.74, 6) is -2.71. The van der Waals surface area contributed by atoms with Crippen molar-refractivity contribution in [3.63, 3.8) is 0 Å². The molecule has 1 atom stereocenters. The molecule has 4 N–H and O–H groups in total. The fourth-order valence-corrected chi connectivity index (χ4v) is 1.64. The zero-order valence-electron chi connectivity index (χ0n) is 9.12. The molecule has 9 heteroatoms. The van der Waals surface area contributed by atoms with Crippen molar-refractivity contribution < 1.29 is 24.6 Å². The number of hydrogen-bond donors (Lipinski definition) is 4. The number of thiazole rings is 1. The minimum Gasteiger partial charge on any atom is -0.481 e. The van der Waals surface area contributed by atoms with Crippen LogP contribution in [0.25, 0.3) is 0 Å². The van der Waals surface area contributed by atoms with E-state index < -0.39 is 30.4 Å². The van der Waals surface area contributed by atoms with Crippen LogP contribution in [0.15, 0.2) is 10.9 Å². The number of aromatic nitrogens is 1. The van der Waals surface area contributed by atoms with Crippen LogP contribution in [0.5, 0.6) is 0 Å². The molecule has 1 aromatic rings. The lowest BCUT2D eigenvalue weighted by Gasteiger charge is -2.12. The maximum atomic E-state index is 11.3. The third kappa shape index (κ3) is 4.78. The number of carboxylic acid groups (broad SMARTS) is 2. The van der Waals surface area contributed by atoms with Gasteiger partial charge in [0.05, 0.1) is 24.2 Å². The monoisotopic (exact) mass is 273 g/mol. The van der Waals surface area contributed by atoms with E-state index >= 15 is 0 Å². The average Bonchev–Trinajstić information content (AvgIpc) is 2.77. The molecule has 1 rings (SSSR count). The standard InChI is InChI=1S/C9H11N3O5S/c13-7(14)1-6(8(15)16)12-9(17)10-2-5-3-18-4-11-5/h3-4,6H,1-2H2,(H,13,14)(H,15,16)(H2,10,12,17). The van der Waals surface area contributed by atoms with Crippen molar-refractivity contribution in [3.05, 3.63) is 16.6 Å². The first-order valence-corrected chi connectivity index (χ1v) is 5.79. The number of aliphatic carboxylic acids is 2. The number of nitrogens with one attached hydrogen (secondary N) is 2. The van der Waals surface area contributed by atoms with Crippen LogP contribution in [-0.4, -0.2) is 39.2 Å². The molecule has 1 heterocycles. The summed E-state index contributed by atoms with van der Waals surface area (Å²) in [6.07, 6.45) is -0.681. The van der Waals surface area contributed by atoms with E-state index in [2.05, 4.69) is 15.6 Å². The topological polar surface area (TPSA) is 129 Å². The predicted molar refractivity (Wildman–Crippen MR) is 61.2 cm³/mol. The molecular weight excluding hydrogens is 262 g/mol. The van der Waals surface area contributed by atoms with Gasteiger partial charge in [-0.3, -0.25) is 4.79 Å². The molecule has 0 fully saturated rings. The highest BCUT2D eigenvalue weighted by atomic mass is 32.1. The van der Waals surface area contributed by atoms with Crippen molar-refractivity contribution in [2.75, 3.05) is 0 Å². The summed E-state index contributed by atoms with van der Waals surface area (Å²) in [6, 6.07) is -2.21. The summed E-state index contributed by atoms with van der Waals surface area (Å²) >= 11 is 1.36. The first-order chi connectivity index (χ1) is 8.49. The number of amides is 2. The van der Waals surface area contributed by atoms with Gasteiger partial charge in [0, 0.05) is 5.38 Å². The van der Waals surface area contributed by atoms with Gasteiger partial charge in [-0.05, 0) is 0 Å². The van der Waals surface area contributed by atoms with Crippen molar-refractivity contribution >= 4 is 29.3 Å². The third-order valence-corrected chi connectivity index (χ3v) is 2.53. The van der Waals surface area contributed by atoms with Gasteiger partial charge in [0.15, 0.2) is 0 Å². The summed E-state index contributed by atoms with van der Waals surface area (Å²) in [5.41, 5.74) is 2.24. The summed E-state index contributed by atoms with van der Waals surface area (Å²) in [7, 11) is 0. The Kier molecular flexibility index (Phi) is 5.06. The molecule has 0 aliphatic rings. The Hall–Kier alpha value is -2.16. The van der Waals surface area contributed by atoms with E-state index in [0.717, 1.165) is 0 Å². The minimum absolute atomic E-state index is 0.148. The molecule has 0 bridgehead atoms. The lowest BCUT2D eigenvalue weighted by atomic mass is 10.2. The smallest absolute Gasteiger partial charge is 0.326 e. The zero-order chi connectivity index (χ0) is 13.5. The molecule has 8 nitrogen and oxygen atoms in total. The van der Waals surface area contributed by atoms with Crippen LogP contribution >= 0.6 is 11.3 Å². The van der Waals surface area contributed by atoms with E-state index in [-0.39, 0.29) is 6.54 Å². The van der Waals surface area contributed by atoms with Gasteiger partial charge in [-0.2, -0.15) is 0 Å². The second kappa shape index (κ2) is 6.55. The number of rotatable bonds is 6. The second-order valence-electron chi connectivity index (χ2n) is 3.30. The highest BCUT2D eigenvalue weighted by Gasteiger charge is 2.22. The molecule has 98 valence electrons. The van der Waals surface area contributed by atoms with Crippen LogP contribution in [0.2, 0.25) is 0 Å². The second-order valence-corrected chi connectivity index (χ2v) is 4.01. The maximum absolute atomic E-state index is 11.3. The van der Waals surface area contributed by atoms with Gasteiger partial charge in [-0.1, -0.05) is 0 Å². The van der Waals surface area contributed by atoms with Gasteiger partial charge < -0.3 is 20.8 Å². The summed E-state index contributed by atoms with van der Waals surface area (Å²) in [5, 5.41) is 23.4. The Bertz CT molecular complexity index is 433. The lowest BCUT2D eigenvalue weighted by molar-refractivity contribution is -0.145. The fraction of sp³-hybridized carbons (Fsp3) is 0.333. The number of hydrogen-bond acceptors (Lipinski definition) is 5. The minimum atomic E-state index is -1.46. The van der Waals surface area contributed by atoms with Crippen LogP contribution in [0, 0.1) is 0 Å². The number of nitrogens with zero attached hydrogens (tertiary/aromatic N) is 1. The van der Waals surface area contributed by atoms with E-state index in [4.69, 9.17) is 10.2 Å². The van der Waals surface area contributed by atoms with Gasteiger partial charge in [0.2, 0.25) is 0 Å². The molecular formula is C9H11N3O5S. The Morgan fingerprint density at radius 2 is 2.11 bits per heavy atom.